The van der Waals surface area contributed by atoms with Gasteiger partial charge in [0, 0.05) is 42.7 Å². The van der Waals surface area contributed by atoms with Crippen LogP contribution in [0, 0.1) is 11.3 Å². The van der Waals surface area contributed by atoms with Crippen LogP contribution in [0.4, 0.5) is 5.82 Å². The van der Waals surface area contributed by atoms with Gasteiger partial charge in [-0.05, 0) is 36.3 Å². The van der Waals surface area contributed by atoms with Crippen molar-refractivity contribution in [2.24, 2.45) is 11.3 Å². The van der Waals surface area contributed by atoms with Gasteiger partial charge in [0.2, 0.25) is 0 Å². The van der Waals surface area contributed by atoms with E-state index >= 15 is 0 Å². The Kier molecular flexibility index (Phi) is 4.52. The van der Waals surface area contributed by atoms with E-state index in [9.17, 15) is 8.42 Å². The van der Waals surface area contributed by atoms with E-state index in [4.69, 9.17) is 15.6 Å². The van der Waals surface area contributed by atoms with E-state index in [1.165, 1.54) is 18.5 Å². The molecule has 0 radical (unpaired) electrons. The molecule has 2 aliphatic heterocycles. The Balaban J connectivity index is 1.36. The Labute approximate surface area is 189 Å². The summed E-state index contributed by atoms with van der Waals surface area (Å²) in [5.41, 5.74) is 8.94. The number of ether oxygens (including phenoxy) is 1. The van der Waals surface area contributed by atoms with E-state index in [1.54, 1.807) is 12.3 Å². The topological polar surface area (TPSA) is 103 Å². The molecule has 2 N–H and O–H groups in total. The van der Waals surface area contributed by atoms with Gasteiger partial charge in [-0.1, -0.05) is 19.8 Å². The molecule has 4 heterocycles. The molecular formula is C23H31N5O3S. The predicted molar refractivity (Wildman–Crippen MR) is 121 cm³/mol. The van der Waals surface area contributed by atoms with Crippen LogP contribution in [0.5, 0.6) is 0 Å². The standard InChI is InChI=1S/C23H31N5O3S/c1-23-13-27(16-11-31-12-16)10-17(23)21(23)19-8-18(26-28(19)15-5-3-4-6-15)14-7-20(32(2,29)30)22(24)25-9-14/h7-9,15-17,21H,3-6,10-13H2,1-2H3,(H2,24,25). The lowest BCUT2D eigenvalue weighted by molar-refractivity contribution is -0.0627. The van der Waals surface area contributed by atoms with E-state index < -0.39 is 9.84 Å². The van der Waals surface area contributed by atoms with Gasteiger partial charge in [0.1, 0.15) is 10.7 Å². The van der Waals surface area contributed by atoms with E-state index in [0.717, 1.165) is 51.1 Å². The van der Waals surface area contributed by atoms with Gasteiger partial charge < -0.3 is 10.5 Å². The lowest BCUT2D eigenvalue weighted by atomic mass is 10.0. The van der Waals surface area contributed by atoms with Crippen molar-refractivity contribution in [1.29, 1.82) is 0 Å². The highest BCUT2D eigenvalue weighted by Crippen LogP contribution is 2.69. The molecule has 6 rings (SSSR count). The SMILES string of the molecule is CC12CN(C3COC3)CC1C2c1cc(-c2cnc(N)c(S(C)(=O)=O)c2)nn1C1CCCC1. The van der Waals surface area contributed by atoms with Gasteiger partial charge in [-0.3, -0.25) is 9.58 Å². The van der Waals surface area contributed by atoms with E-state index in [-0.39, 0.29) is 16.1 Å². The molecule has 2 aromatic heterocycles. The summed E-state index contributed by atoms with van der Waals surface area (Å²) in [6.45, 7) is 6.39. The third-order valence-electron chi connectivity index (χ3n) is 8.29. The molecule has 4 fully saturated rings. The number of fused-ring (bicyclic) bond motifs is 1. The smallest absolute Gasteiger partial charge is 0.179 e. The number of nitrogen functional groups attached to an aromatic ring is 1. The minimum Gasteiger partial charge on any atom is -0.383 e. The van der Waals surface area contributed by atoms with Crippen molar-refractivity contribution < 1.29 is 13.2 Å². The van der Waals surface area contributed by atoms with Gasteiger partial charge in [-0.25, -0.2) is 13.4 Å². The second-order valence-corrected chi connectivity index (χ2v) is 12.4. The number of nitrogens with two attached hydrogens (primary N) is 1. The zero-order valence-corrected chi connectivity index (χ0v) is 19.5. The Morgan fingerprint density at radius 3 is 2.53 bits per heavy atom. The maximum absolute atomic E-state index is 12.2. The van der Waals surface area contributed by atoms with E-state index in [1.807, 2.05) is 0 Å². The van der Waals surface area contributed by atoms with Gasteiger partial charge in [-0.15, -0.1) is 0 Å². The zero-order chi connectivity index (χ0) is 22.3. The Morgan fingerprint density at radius 1 is 1.19 bits per heavy atom. The number of piperidine rings is 1. The van der Waals surface area contributed by atoms with Gasteiger partial charge in [-0.2, -0.15) is 5.10 Å². The molecule has 4 aliphatic rings. The van der Waals surface area contributed by atoms with Crippen LogP contribution in [0.25, 0.3) is 11.3 Å². The van der Waals surface area contributed by atoms with Crippen LogP contribution in [0.15, 0.2) is 23.2 Å². The quantitative estimate of drug-likeness (QED) is 0.736. The summed E-state index contributed by atoms with van der Waals surface area (Å²) in [6, 6.07) is 4.82. The molecular weight excluding hydrogens is 426 g/mol. The average molecular weight is 458 g/mol. The number of hydrogen-bond donors (Lipinski definition) is 1. The van der Waals surface area contributed by atoms with Crippen LogP contribution >= 0.6 is 0 Å². The van der Waals surface area contributed by atoms with Crippen LogP contribution in [-0.2, 0) is 14.6 Å². The number of likely N-dealkylation sites (tertiary alicyclic amines) is 1. The molecule has 3 unspecified atom stereocenters. The van der Waals surface area contributed by atoms with Crippen LogP contribution in [0.1, 0.15) is 50.3 Å². The Hall–Kier alpha value is -1.97. The molecule has 32 heavy (non-hydrogen) atoms. The lowest BCUT2D eigenvalue weighted by Gasteiger charge is -2.36. The second-order valence-electron chi connectivity index (χ2n) is 10.4. The fraction of sp³-hybridized carbons (Fsp3) is 0.652. The molecule has 2 saturated carbocycles. The van der Waals surface area contributed by atoms with Crippen LogP contribution in [0.3, 0.4) is 0 Å². The predicted octanol–water partition coefficient (Wildman–Crippen LogP) is 2.48. The van der Waals surface area contributed by atoms with Gasteiger partial charge in [0.05, 0.1) is 31.0 Å². The van der Waals surface area contributed by atoms with Crippen molar-refractivity contribution >= 4 is 15.7 Å². The minimum absolute atomic E-state index is 0.0380. The summed E-state index contributed by atoms with van der Waals surface area (Å²) in [6.07, 6.45) is 7.59. The first-order valence-electron chi connectivity index (χ1n) is 11.6. The summed E-state index contributed by atoms with van der Waals surface area (Å²) < 4.78 is 32.0. The van der Waals surface area contributed by atoms with Crippen molar-refractivity contribution in [2.75, 3.05) is 38.3 Å². The highest BCUT2D eigenvalue weighted by Gasteiger charge is 2.68. The molecule has 0 amide bonds. The normalized spacial score (nSPS) is 31.1. The number of hydrogen-bond acceptors (Lipinski definition) is 7. The van der Waals surface area contributed by atoms with Crippen molar-refractivity contribution in [3.05, 3.63) is 24.0 Å². The number of sulfone groups is 1. The number of pyridine rings is 1. The second kappa shape index (κ2) is 7.01. The van der Waals surface area contributed by atoms with Crippen molar-refractivity contribution in [2.45, 2.75) is 55.5 Å². The fourth-order valence-corrected chi connectivity index (χ4v) is 7.09. The molecule has 2 aliphatic carbocycles. The summed E-state index contributed by atoms with van der Waals surface area (Å²) in [5.74, 6) is 1.18. The molecule has 0 aromatic carbocycles. The number of anilines is 1. The first-order valence-corrected chi connectivity index (χ1v) is 13.5. The van der Waals surface area contributed by atoms with Gasteiger partial charge in [0.15, 0.2) is 9.84 Å². The van der Waals surface area contributed by atoms with Gasteiger partial charge >= 0.3 is 0 Å². The molecule has 0 spiro atoms. The fourth-order valence-electron chi connectivity index (χ4n) is 6.32. The van der Waals surface area contributed by atoms with Crippen molar-refractivity contribution in [3.63, 3.8) is 0 Å². The number of rotatable bonds is 5. The Morgan fingerprint density at radius 2 is 1.94 bits per heavy atom. The highest BCUT2D eigenvalue weighted by atomic mass is 32.2. The summed E-state index contributed by atoms with van der Waals surface area (Å²) in [7, 11) is -3.46. The minimum atomic E-state index is -3.46. The average Bonchev–Trinajstić information content (AvgIpc) is 3.21. The Bertz CT molecular complexity index is 1170. The van der Waals surface area contributed by atoms with Crippen molar-refractivity contribution in [1.82, 2.24) is 19.7 Å². The number of aromatic nitrogens is 3. The monoisotopic (exact) mass is 457 g/mol. The molecule has 2 saturated heterocycles. The highest BCUT2D eigenvalue weighted by molar-refractivity contribution is 7.90. The molecule has 2 aromatic rings. The lowest BCUT2D eigenvalue weighted by Crippen LogP contribution is -2.49. The summed E-state index contributed by atoms with van der Waals surface area (Å²) >= 11 is 0. The molecule has 9 heteroatoms. The summed E-state index contributed by atoms with van der Waals surface area (Å²) in [5, 5.41) is 5.02. The van der Waals surface area contributed by atoms with Crippen LogP contribution in [-0.4, -0.2) is 66.7 Å². The first-order chi connectivity index (χ1) is 15.3. The molecule has 8 nitrogen and oxygen atoms in total. The van der Waals surface area contributed by atoms with Crippen molar-refractivity contribution in [3.8, 4) is 11.3 Å². The van der Waals surface area contributed by atoms with E-state index in [2.05, 4.69) is 27.6 Å². The largest absolute Gasteiger partial charge is 0.383 e. The maximum atomic E-state index is 12.2. The van der Waals surface area contributed by atoms with Crippen LogP contribution in [0.2, 0.25) is 0 Å². The third kappa shape index (κ3) is 3.12. The molecule has 3 atom stereocenters. The summed E-state index contributed by atoms with van der Waals surface area (Å²) in [4.78, 5) is 6.84. The third-order valence-corrected chi connectivity index (χ3v) is 9.42. The van der Waals surface area contributed by atoms with Gasteiger partial charge in [0.25, 0.3) is 0 Å². The van der Waals surface area contributed by atoms with Crippen LogP contribution < -0.4 is 5.73 Å². The maximum Gasteiger partial charge on any atom is 0.179 e. The number of nitrogens with zero attached hydrogens (tertiary/aromatic N) is 4. The molecule has 0 bridgehead atoms. The first kappa shape index (κ1) is 20.6. The molecule has 172 valence electrons. The zero-order valence-electron chi connectivity index (χ0n) is 18.7. The van der Waals surface area contributed by atoms with E-state index in [0.29, 0.717) is 29.5 Å².